The van der Waals surface area contributed by atoms with E-state index < -0.39 is 0 Å². The standard InChI is InChI=1S/C16H25NOS/c1-4-5-6-7-8-9-18-15-12(2)10-14(16(17)19)11-13(15)3/h10-11H,4-9H2,1-3H3,(H2,17,19). The Morgan fingerprint density at radius 2 is 1.68 bits per heavy atom. The molecule has 0 radical (unpaired) electrons. The van der Waals surface area contributed by atoms with E-state index in [1.54, 1.807) is 0 Å². The third-order valence-electron chi connectivity index (χ3n) is 3.24. The van der Waals surface area contributed by atoms with Crippen LogP contribution in [0.5, 0.6) is 5.75 Å². The van der Waals surface area contributed by atoms with E-state index in [9.17, 15) is 0 Å². The average Bonchev–Trinajstić information content (AvgIpc) is 2.35. The van der Waals surface area contributed by atoms with Crippen molar-refractivity contribution in [2.24, 2.45) is 5.73 Å². The molecule has 0 unspecified atom stereocenters. The van der Waals surface area contributed by atoms with Gasteiger partial charge in [-0.2, -0.15) is 0 Å². The molecule has 19 heavy (non-hydrogen) atoms. The number of thiocarbonyl (C=S) groups is 1. The number of hydrogen-bond donors (Lipinski definition) is 1. The number of ether oxygens (including phenoxy) is 1. The Bertz CT molecular complexity index is 406. The van der Waals surface area contributed by atoms with Gasteiger partial charge in [0.2, 0.25) is 0 Å². The van der Waals surface area contributed by atoms with Crippen molar-refractivity contribution in [1.29, 1.82) is 0 Å². The van der Waals surface area contributed by atoms with E-state index in [0.717, 1.165) is 35.5 Å². The van der Waals surface area contributed by atoms with Gasteiger partial charge in [0, 0.05) is 5.56 Å². The van der Waals surface area contributed by atoms with Gasteiger partial charge in [-0.15, -0.1) is 0 Å². The van der Waals surface area contributed by atoms with E-state index in [4.69, 9.17) is 22.7 Å². The molecule has 0 aliphatic rings. The Balaban J connectivity index is 2.52. The summed E-state index contributed by atoms with van der Waals surface area (Å²) in [6.07, 6.45) is 6.27. The van der Waals surface area contributed by atoms with Crippen LogP contribution in [0.4, 0.5) is 0 Å². The number of unbranched alkanes of at least 4 members (excludes halogenated alkanes) is 4. The van der Waals surface area contributed by atoms with E-state index in [1.165, 1.54) is 25.7 Å². The van der Waals surface area contributed by atoms with Crippen molar-refractivity contribution in [3.8, 4) is 5.75 Å². The molecule has 106 valence electrons. The molecule has 2 nitrogen and oxygen atoms in total. The van der Waals surface area contributed by atoms with Gasteiger partial charge in [0.05, 0.1) is 6.61 Å². The minimum Gasteiger partial charge on any atom is -0.493 e. The summed E-state index contributed by atoms with van der Waals surface area (Å²) in [5, 5.41) is 0. The monoisotopic (exact) mass is 279 g/mol. The summed E-state index contributed by atoms with van der Waals surface area (Å²) in [5.41, 5.74) is 8.79. The summed E-state index contributed by atoms with van der Waals surface area (Å²) in [5.74, 6) is 0.982. The molecular formula is C16H25NOS. The highest BCUT2D eigenvalue weighted by molar-refractivity contribution is 7.80. The minimum absolute atomic E-state index is 0.442. The fourth-order valence-electron chi connectivity index (χ4n) is 2.20. The Morgan fingerprint density at radius 1 is 1.11 bits per heavy atom. The second kappa shape index (κ2) is 8.16. The van der Waals surface area contributed by atoms with Gasteiger partial charge in [0.15, 0.2) is 0 Å². The molecule has 0 spiro atoms. The van der Waals surface area contributed by atoms with Crippen LogP contribution in [0.3, 0.4) is 0 Å². The molecule has 0 aliphatic carbocycles. The molecule has 0 bridgehead atoms. The lowest BCUT2D eigenvalue weighted by Crippen LogP contribution is -2.10. The minimum atomic E-state index is 0.442. The van der Waals surface area contributed by atoms with Crippen LogP contribution in [0.1, 0.15) is 55.7 Å². The molecule has 0 saturated carbocycles. The van der Waals surface area contributed by atoms with Gasteiger partial charge < -0.3 is 10.5 Å². The molecule has 0 atom stereocenters. The predicted molar refractivity (Wildman–Crippen MR) is 86.1 cm³/mol. The fraction of sp³-hybridized carbons (Fsp3) is 0.562. The van der Waals surface area contributed by atoms with Gasteiger partial charge >= 0.3 is 0 Å². The summed E-state index contributed by atoms with van der Waals surface area (Å²) in [4.78, 5) is 0.442. The topological polar surface area (TPSA) is 35.2 Å². The maximum absolute atomic E-state index is 5.90. The van der Waals surface area contributed by atoms with E-state index in [-0.39, 0.29) is 0 Å². The average molecular weight is 279 g/mol. The van der Waals surface area contributed by atoms with Crippen LogP contribution in [0.15, 0.2) is 12.1 Å². The lowest BCUT2D eigenvalue weighted by atomic mass is 10.1. The van der Waals surface area contributed by atoms with Crippen LogP contribution < -0.4 is 10.5 Å². The first kappa shape index (κ1) is 16.0. The van der Waals surface area contributed by atoms with Gasteiger partial charge in [0.25, 0.3) is 0 Å². The van der Waals surface area contributed by atoms with Crippen molar-refractivity contribution < 1.29 is 4.74 Å². The lowest BCUT2D eigenvalue weighted by Gasteiger charge is -2.13. The highest BCUT2D eigenvalue weighted by Gasteiger charge is 2.07. The van der Waals surface area contributed by atoms with Crippen LogP contribution >= 0.6 is 12.2 Å². The fourth-order valence-corrected chi connectivity index (χ4v) is 2.32. The summed E-state index contributed by atoms with van der Waals surface area (Å²) in [6, 6.07) is 4.00. The van der Waals surface area contributed by atoms with Crippen molar-refractivity contribution >= 4 is 17.2 Å². The summed E-state index contributed by atoms with van der Waals surface area (Å²) >= 11 is 5.01. The smallest absolute Gasteiger partial charge is 0.125 e. The molecule has 0 amide bonds. The van der Waals surface area contributed by atoms with Gasteiger partial charge in [-0.3, -0.25) is 0 Å². The zero-order chi connectivity index (χ0) is 14.3. The van der Waals surface area contributed by atoms with Crippen LogP contribution in [0, 0.1) is 13.8 Å². The Labute approximate surface area is 122 Å². The third kappa shape index (κ3) is 5.19. The Kier molecular flexibility index (Phi) is 6.85. The van der Waals surface area contributed by atoms with Gasteiger partial charge in [-0.25, -0.2) is 0 Å². The quantitative estimate of drug-likeness (QED) is 0.569. The van der Waals surface area contributed by atoms with Gasteiger partial charge in [0.1, 0.15) is 10.7 Å². The van der Waals surface area contributed by atoms with Crippen molar-refractivity contribution in [3.63, 3.8) is 0 Å². The summed E-state index contributed by atoms with van der Waals surface area (Å²) < 4.78 is 5.90. The van der Waals surface area contributed by atoms with Crippen LogP contribution in [0.2, 0.25) is 0 Å². The number of benzene rings is 1. The molecule has 0 heterocycles. The number of rotatable bonds is 8. The lowest BCUT2D eigenvalue weighted by molar-refractivity contribution is 0.300. The van der Waals surface area contributed by atoms with Gasteiger partial charge in [-0.05, 0) is 43.5 Å². The largest absolute Gasteiger partial charge is 0.493 e. The molecule has 1 aromatic rings. The normalized spacial score (nSPS) is 10.5. The first-order chi connectivity index (χ1) is 9.06. The second-order valence-corrected chi connectivity index (χ2v) is 5.51. The van der Waals surface area contributed by atoms with Crippen molar-refractivity contribution in [2.75, 3.05) is 6.61 Å². The molecule has 0 saturated heterocycles. The van der Waals surface area contributed by atoms with Crippen molar-refractivity contribution in [2.45, 2.75) is 52.9 Å². The number of aryl methyl sites for hydroxylation is 2. The zero-order valence-corrected chi connectivity index (χ0v) is 13.1. The second-order valence-electron chi connectivity index (χ2n) is 5.07. The molecule has 0 aliphatic heterocycles. The van der Waals surface area contributed by atoms with Crippen LogP contribution in [-0.4, -0.2) is 11.6 Å². The predicted octanol–water partition coefficient (Wildman–Crippen LogP) is 4.29. The van der Waals surface area contributed by atoms with E-state index in [0.29, 0.717) is 4.99 Å². The first-order valence-corrected chi connectivity index (χ1v) is 7.51. The van der Waals surface area contributed by atoms with Crippen LogP contribution in [-0.2, 0) is 0 Å². The molecule has 1 rings (SSSR count). The van der Waals surface area contributed by atoms with Crippen LogP contribution in [0.25, 0.3) is 0 Å². The molecular weight excluding hydrogens is 254 g/mol. The third-order valence-corrected chi connectivity index (χ3v) is 3.47. The molecule has 1 aromatic carbocycles. The van der Waals surface area contributed by atoms with Crippen molar-refractivity contribution in [1.82, 2.24) is 0 Å². The van der Waals surface area contributed by atoms with E-state index >= 15 is 0 Å². The molecule has 2 N–H and O–H groups in total. The van der Waals surface area contributed by atoms with Gasteiger partial charge in [-0.1, -0.05) is 44.8 Å². The SMILES string of the molecule is CCCCCCCOc1c(C)cc(C(N)=S)cc1C. The van der Waals surface area contributed by atoms with E-state index in [2.05, 4.69) is 6.92 Å². The molecule has 0 aromatic heterocycles. The van der Waals surface area contributed by atoms with Crippen molar-refractivity contribution in [3.05, 3.63) is 28.8 Å². The maximum atomic E-state index is 5.90. The van der Waals surface area contributed by atoms with E-state index in [1.807, 2.05) is 26.0 Å². The number of hydrogen-bond acceptors (Lipinski definition) is 2. The molecule has 0 fully saturated rings. The zero-order valence-electron chi connectivity index (χ0n) is 12.3. The number of nitrogens with two attached hydrogens (primary N) is 1. The highest BCUT2D eigenvalue weighted by atomic mass is 32.1. The summed E-state index contributed by atoms with van der Waals surface area (Å²) in [6.45, 7) is 7.10. The Morgan fingerprint density at radius 3 is 2.21 bits per heavy atom. The maximum Gasteiger partial charge on any atom is 0.125 e. The molecule has 3 heteroatoms. The summed E-state index contributed by atoms with van der Waals surface area (Å²) in [7, 11) is 0. The highest BCUT2D eigenvalue weighted by Crippen LogP contribution is 2.25. The first-order valence-electron chi connectivity index (χ1n) is 7.10. The Hall–Kier alpha value is -1.09.